The van der Waals surface area contributed by atoms with Crippen molar-refractivity contribution in [3.8, 4) is 0 Å². The number of carbonyl (C=O) groups excluding carboxylic acids is 1. The molecule has 0 aromatic rings. The minimum absolute atomic E-state index is 0.0615. The molecule has 0 heterocycles. The molecule has 0 saturated carbocycles. The summed E-state index contributed by atoms with van der Waals surface area (Å²) < 4.78 is 4.67. The lowest BCUT2D eigenvalue weighted by Gasteiger charge is -2.05. The molecule has 2 heteroatoms. The maximum absolute atomic E-state index is 11.0. The molecule has 0 bridgehead atoms. The highest BCUT2D eigenvalue weighted by Gasteiger charge is 1.99. The quantitative estimate of drug-likeness (QED) is 0.105. The Balaban J connectivity index is 3.03. The zero-order valence-electron chi connectivity index (χ0n) is 21.9. The van der Waals surface area contributed by atoms with Crippen molar-refractivity contribution in [2.45, 2.75) is 168 Å². The Morgan fingerprint density at radius 1 is 0.484 bits per heavy atom. The first-order chi connectivity index (χ1) is 15.2. The van der Waals surface area contributed by atoms with Crippen LogP contribution in [0.25, 0.3) is 0 Å². The van der Waals surface area contributed by atoms with E-state index in [0.29, 0.717) is 6.42 Å². The lowest BCUT2D eigenvalue weighted by Crippen LogP contribution is -1.99. The molecule has 31 heavy (non-hydrogen) atoms. The van der Waals surface area contributed by atoms with Crippen LogP contribution in [0.4, 0.5) is 0 Å². The van der Waals surface area contributed by atoms with Crippen LogP contribution in [-0.4, -0.2) is 13.1 Å². The van der Waals surface area contributed by atoms with E-state index in [9.17, 15) is 4.79 Å². The topological polar surface area (TPSA) is 26.3 Å². The summed E-state index contributed by atoms with van der Waals surface area (Å²) in [7, 11) is 1.47. The number of carbonyl (C=O) groups is 1. The van der Waals surface area contributed by atoms with E-state index in [1.54, 1.807) is 0 Å². The number of methoxy groups -OCH3 is 1. The summed E-state index contributed by atoms with van der Waals surface area (Å²) in [6.45, 7) is 4.67. The van der Waals surface area contributed by atoms with Gasteiger partial charge in [-0.05, 0) is 12.3 Å². The van der Waals surface area contributed by atoms with E-state index in [-0.39, 0.29) is 5.97 Å². The zero-order valence-corrected chi connectivity index (χ0v) is 21.9. The van der Waals surface area contributed by atoms with E-state index in [0.717, 1.165) is 12.3 Å². The normalized spacial score (nSPS) is 11.4. The minimum Gasteiger partial charge on any atom is -0.469 e. The number of ether oxygens (including phenoxy) is 1. The van der Waals surface area contributed by atoms with Crippen LogP contribution in [0.2, 0.25) is 0 Å². The highest BCUT2D eigenvalue weighted by atomic mass is 16.5. The number of hydrogen-bond acceptors (Lipinski definition) is 2. The van der Waals surface area contributed by atoms with E-state index in [1.807, 2.05) is 0 Å². The summed E-state index contributed by atoms with van der Waals surface area (Å²) in [4.78, 5) is 11.0. The third-order valence-electron chi connectivity index (χ3n) is 6.64. The lowest BCUT2D eigenvalue weighted by molar-refractivity contribution is -0.140. The molecule has 0 aliphatic carbocycles. The number of hydrogen-bond donors (Lipinski definition) is 0. The first-order valence-electron chi connectivity index (χ1n) is 14.2. The summed E-state index contributed by atoms with van der Waals surface area (Å²) in [5, 5.41) is 0. The molecular formula is C29H58O2. The van der Waals surface area contributed by atoms with Crippen molar-refractivity contribution in [1.82, 2.24) is 0 Å². The molecule has 0 fully saturated rings. The van der Waals surface area contributed by atoms with Gasteiger partial charge in [0.05, 0.1) is 7.11 Å². The fraction of sp³-hybridized carbons (Fsp3) is 0.966. The van der Waals surface area contributed by atoms with Crippen molar-refractivity contribution >= 4 is 5.97 Å². The third kappa shape index (κ3) is 27.4. The van der Waals surface area contributed by atoms with Crippen LogP contribution in [0.15, 0.2) is 0 Å². The third-order valence-corrected chi connectivity index (χ3v) is 6.64. The van der Waals surface area contributed by atoms with Crippen LogP contribution in [0.3, 0.4) is 0 Å². The minimum atomic E-state index is -0.0615. The van der Waals surface area contributed by atoms with Crippen molar-refractivity contribution in [2.24, 2.45) is 5.92 Å². The monoisotopic (exact) mass is 438 g/mol. The molecule has 0 aliphatic rings. The van der Waals surface area contributed by atoms with Gasteiger partial charge in [0, 0.05) is 6.42 Å². The fourth-order valence-electron chi connectivity index (χ4n) is 4.46. The van der Waals surface area contributed by atoms with Gasteiger partial charge in [0.25, 0.3) is 0 Å². The molecule has 0 unspecified atom stereocenters. The van der Waals surface area contributed by atoms with E-state index in [2.05, 4.69) is 18.6 Å². The van der Waals surface area contributed by atoms with Gasteiger partial charge in [0.1, 0.15) is 0 Å². The molecule has 2 nitrogen and oxygen atoms in total. The summed E-state index contributed by atoms with van der Waals surface area (Å²) in [5.74, 6) is 0.825. The van der Waals surface area contributed by atoms with Gasteiger partial charge >= 0.3 is 5.97 Å². The van der Waals surface area contributed by atoms with Gasteiger partial charge in [-0.15, -0.1) is 0 Å². The average molecular weight is 439 g/mol. The standard InChI is InChI=1S/C29H58O2/c1-28(2)26-24-22-20-18-16-14-12-10-8-6-4-5-7-9-11-13-15-17-19-21-23-25-27-29(30)31-3/h28H,4-27H2,1-3H3. The summed E-state index contributed by atoms with van der Waals surface area (Å²) in [6, 6.07) is 0. The Hall–Kier alpha value is -0.530. The second kappa shape index (κ2) is 25.7. The summed E-state index contributed by atoms with van der Waals surface area (Å²) >= 11 is 0. The van der Waals surface area contributed by atoms with Crippen LogP contribution < -0.4 is 0 Å². The average Bonchev–Trinajstić information content (AvgIpc) is 2.76. The number of esters is 1. The zero-order chi connectivity index (χ0) is 22.8. The van der Waals surface area contributed by atoms with Crippen molar-refractivity contribution in [3.05, 3.63) is 0 Å². The second-order valence-corrected chi connectivity index (χ2v) is 10.3. The molecule has 0 atom stereocenters. The van der Waals surface area contributed by atoms with Gasteiger partial charge in [0.15, 0.2) is 0 Å². The van der Waals surface area contributed by atoms with E-state index >= 15 is 0 Å². The van der Waals surface area contributed by atoms with Crippen molar-refractivity contribution in [1.29, 1.82) is 0 Å². The lowest BCUT2D eigenvalue weighted by atomic mass is 10.0. The Kier molecular flexibility index (Phi) is 25.3. The van der Waals surface area contributed by atoms with Gasteiger partial charge in [0.2, 0.25) is 0 Å². The molecule has 0 saturated heterocycles. The van der Waals surface area contributed by atoms with Gasteiger partial charge in [-0.1, -0.05) is 155 Å². The molecule has 0 amide bonds. The smallest absolute Gasteiger partial charge is 0.305 e. The molecule has 186 valence electrons. The molecule has 0 rings (SSSR count). The maximum atomic E-state index is 11.0. The Morgan fingerprint density at radius 2 is 0.742 bits per heavy atom. The van der Waals surface area contributed by atoms with E-state index in [1.165, 1.54) is 148 Å². The first kappa shape index (κ1) is 30.5. The summed E-state index contributed by atoms with van der Waals surface area (Å²) in [5.41, 5.74) is 0. The predicted molar refractivity (Wildman–Crippen MR) is 138 cm³/mol. The maximum Gasteiger partial charge on any atom is 0.305 e. The van der Waals surface area contributed by atoms with Gasteiger partial charge in [-0.25, -0.2) is 0 Å². The van der Waals surface area contributed by atoms with E-state index in [4.69, 9.17) is 0 Å². The Bertz CT molecular complexity index is 351. The second-order valence-electron chi connectivity index (χ2n) is 10.3. The van der Waals surface area contributed by atoms with Crippen molar-refractivity contribution in [3.63, 3.8) is 0 Å². The Morgan fingerprint density at radius 3 is 1.00 bits per heavy atom. The van der Waals surface area contributed by atoms with Crippen molar-refractivity contribution in [2.75, 3.05) is 7.11 Å². The van der Waals surface area contributed by atoms with Crippen LogP contribution in [0.1, 0.15) is 168 Å². The summed E-state index contributed by atoms with van der Waals surface area (Å²) in [6.07, 6.45) is 32.8. The first-order valence-corrected chi connectivity index (χ1v) is 14.2. The fourth-order valence-corrected chi connectivity index (χ4v) is 4.46. The molecular weight excluding hydrogens is 380 g/mol. The highest BCUT2D eigenvalue weighted by molar-refractivity contribution is 5.68. The molecule has 0 aliphatic heterocycles. The molecule has 0 N–H and O–H groups in total. The number of unbranched alkanes of at least 4 members (excludes halogenated alkanes) is 21. The largest absolute Gasteiger partial charge is 0.469 e. The van der Waals surface area contributed by atoms with Crippen LogP contribution in [0, 0.1) is 5.92 Å². The molecule has 0 aromatic carbocycles. The van der Waals surface area contributed by atoms with Gasteiger partial charge < -0.3 is 4.74 Å². The van der Waals surface area contributed by atoms with Crippen LogP contribution in [-0.2, 0) is 9.53 Å². The highest BCUT2D eigenvalue weighted by Crippen LogP contribution is 2.16. The van der Waals surface area contributed by atoms with Crippen molar-refractivity contribution < 1.29 is 9.53 Å². The number of rotatable bonds is 25. The molecule has 0 spiro atoms. The van der Waals surface area contributed by atoms with Gasteiger partial charge in [-0.3, -0.25) is 4.79 Å². The Labute approximate surface area is 196 Å². The predicted octanol–water partition coefficient (Wildman–Crippen LogP) is 10.2. The van der Waals surface area contributed by atoms with E-state index < -0.39 is 0 Å². The molecule has 0 radical (unpaired) electrons. The van der Waals surface area contributed by atoms with Gasteiger partial charge in [-0.2, -0.15) is 0 Å². The molecule has 0 aromatic heterocycles. The van der Waals surface area contributed by atoms with Crippen LogP contribution in [0.5, 0.6) is 0 Å². The van der Waals surface area contributed by atoms with Crippen LogP contribution >= 0.6 is 0 Å². The SMILES string of the molecule is COC(=O)CCCCCCCCCCCCCCCCCCCCCCCCC(C)C.